The molecule has 33 heavy (non-hydrogen) atoms. The minimum Gasteiger partial charge on any atom is -0.497 e. The molecule has 1 saturated carbocycles. The van der Waals surface area contributed by atoms with Gasteiger partial charge in [0, 0.05) is 17.5 Å². The van der Waals surface area contributed by atoms with Crippen molar-refractivity contribution in [1.29, 1.82) is 0 Å². The molecule has 1 aromatic heterocycles. The molecule has 1 unspecified atom stereocenters. The van der Waals surface area contributed by atoms with Crippen molar-refractivity contribution in [3.63, 3.8) is 0 Å². The summed E-state index contributed by atoms with van der Waals surface area (Å²) in [5, 5.41) is 5.19. The highest BCUT2D eigenvalue weighted by Gasteiger charge is 2.33. The van der Waals surface area contributed by atoms with E-state index in [-0.39, 0.29) is 24.3 Å². The third-order valence-corrected chi connectivity index (χ3v) is 6.97. The smallest absolute Gasteiger partial charge is 0.247 e. The normalized spacial score (nSPS) is 14.6. The second kappa shape index (κ2) is 11.1. The summed E-state index contributed by atoms with van der Waals surface area (Å²) in [4.78, 5) is 30.0. The zero-order valence-corrected chi connectivity index (χ0v) is 19.7. The van der Waals surface area contributed by atoms with Gasteiger partial charge in [-0.25, -0.2) is 0 Å². The van der Waals surface area contributed by atoms with Crippen LogP contribution in [0.3, 0.4) is 0 Å². The molecule has 2 amide bonds. The van der Waals surface area contributed by atoms with E-state index in [0.29, 0.717) is 6.54 Å². The quantitative estimate of drug-likeness (QED) is 0.480. The van der Waals surface area contributed by atoms with Gasteiger partial charge < -0.3 is 15.0 Å². The summed E-state index contributed by atoms with van der Waals surface area (Å²) >= 11 is 1.56. The van der Waals surface area contributed by atoms with Gasteiger partial charge in [0.1, 0.15) is 11.8 Å². The van der Waals surface area contributed by atoms with E-state index in [1.165, 1.54) is 0 Å². The number of nitrogens with one attached hydrogen (secondary N) is 1. The van der Waals surface area contributed by atoms with Gasteiger partial charge in [-0.3, -0.25) is 9.59 Å². The van der Waals surface area contributed by atoms with E-state index < -0.39 is 6.04 Å². The Balaban J connectivity index is 1.68. The molecule has 3 aromatic rings. The number of thiophene rings is 1. The minimum absolute atomic E-state index is 0.0734. The van der Waals surface area contributed by atoms with E-state index in [0.717, 1.165) is 47.4 Å². The van der Waals surface area contributed by atoms with Gasteiger partial charge in [-0.1, -0.05) is 61.4 Å². The number of carbonyl (C=O) groups excluding carboxylic acids is 2. The monoisotopic (exact) mass is 462 g/mol. The van der Waals surface area contributed by atoms with Crippen LogP contribution in [0, 0.1) is 0 Å². The number of carbonyl (C=O) groups is 2. The van der Waals surface area contributed by atoms with Crippen molar-refractivity contribution < 1.29 is 14.3 Å². The Labute approximate surface area is 199 Å². The topological polar surface area (TPSA) is 58.6 Å². The lowest BCUT2D eigenvalue weighted by Crippen LogP contribution is -2.46. The molecule has 1 heterocycles. The summed E-state index contributed by atoms with van der Waals surface area (Å²) in [6, 6.07) is 20.7. The van der Waals surface area contributed by atoms with Crippen LogP contribution in [0.1, 0.15) is 47.7 Å². The van der Waals surface area contributed by atoms with Crippen molar-refractivity contribution in [2.45, 2.75) is 50.7 Å². The highest BCUT2D eigenvalue weighted by Crippen LogP contribution is 2.28. The van der Waals surface area contributed by atoms with Crippen molar-refractivity contribution in [3.8, 4) is 5.75 Å². The second-order valence-electron chi connectivity index (χ2n) is 8.43. The predicted octanol–water partition coefficient (Wildman–Crippen LogP) is 5.13. The first-order chi connectivity index (χ1) is 16.1. The first kappa shape index (κ1) is 23.1. The van der Waals surface area contributed by atoms with Gasteiger partial charge in [0.05, 0.1) is 13.5 Å². The number of nitrogens with zero attached hydrogens (tertiary/aromatic N) is 1. The molecule has 172 valence electrons. The Bertz CT molecular complexity index is 1050. The lowest BCUT2D eigenvalue weighted by atomic mass is 10.0. The van der Waals surface area contributed by atoms with Crippen molar-refractivity contribution in [1.82, 2.24) is 10.2 Å². The fraction of sp³-hybridized carbons (Fsp3) is 0.333. The molecule has 1 aliphatic rings. The predicted molar refractivity (Wildman–Crippen MR) is 131 cm³/mol. The van der Waals surface area contributed by atoms with E-state index >= 15 is 0 Å². The summed E-state index contributed by atoms with van der Waals surface area (Å²) in [5.41, 5.74) is 1.74. The lowest BCUT2D eigenvalue weighted by Gasteiger charge is -2.32. The van der Waals surface area contributed by atoms with Gasteiger partial charge in [0.25, 0.3) is 0 Å². The van der Waals surface area contributed by atoms with Crippen molar-refractivity contribution >= 4 is 23.2 Å². The molecule has 5 nitrogen and oxygen atoms in total. The molecule has 0 bridgehead atoms. The molecule has 4 rings (SSSR count). The molecule has 0 spiro atoms. The lowest BCUT2D eigenvalue weighted by molar-refractivity contribution is -0.141. The molecule has 6 heteroatoms. The van der Waals surface area contributed by atoms with Gasteiger partial charge in [0.2, 0.25) is 11.8 Å². The third kappa shape index (κ3) is 6.02. The first-order valence-corrected chi connectivity index (χ1v) is 12.3. The van der Waals surface area contributed by atoms with Gasteiger partial charge in [-0.05, 0) is 47.5 Å². The Morgan fingerprint density at radius 2 is 1.85 bits per heavy atom. The van der Waals surface area contributed by atoms with Gasteiger partial charge in [0.15, 0.2) is 0 Å². The fourth-order valence-electron chi connectivity index (χ4n) is 4.41. The maximum absolute atomic E-state index is 13.6. The van der Waals surface area contributed by atoms with Crippen LogP contribution in [0.5, 0.6) is 5.75 Å². The number of benzene rings is 2. The standard InChI is InChI=1S/C27H30N2O3S/c1-32-23-14-7-9-20(17-23)19-29(25(30)18-24-15-8-16-33-24)26(21-10-3-2-4-11-21)27(31)28-22-12-5-6-13-22/h2-4,7-11,14-17,22,26H,5-6,12-13,18-19H2,1H3,(H,28,31). The summed E-state index contributed by atoms with van der Waals surface area (Å²) in [5.74, 6) is 0.538. The summed E-state index contributed by atoms with van der Waals surface area (Å²) in [7, 11) is 1.63. The number of amides is 2. The summed E-state index contributed by atoms with van der Waals surface area (Å²) in [6.07, 6.45) is 4.51. The van der Waals surface area contributed by atoms with Crippen LogP contribution in [-0.4, -0.2) is 29.9 Å². The molecule has 2 aromatic carbocycles. The van der Waals surface area contributed by atoms with Gasteiger partial charge >= 0.3 is 0 Å². The first-order valence-electron chi connectivity index (χ1n) is 11.4. The molecular weight excluding hydrogens is 432 g/mol. The third-order valence-electron chi connectivity index (χ3n) is 6.09. The molecular formula is C27H30N2O3S. The molecule has 1 fully saturated rings. The van der Waals surface area contributed by atoms with E-state index in [9.17, 15) is 9.59 Å². The Morgan fingerprint density at radius 3 is 2.55 bits per heavy atom. The Hall–Kier alpha value is -3.12. The van der Waals surface area contributed by atoms with Crippen LogP contribution < -0.4 is 10.1 Å². The fourth-order valence-corrected chi connectivity index (χ4v) is 5.11. The highest BCUT2D eigenvalue weighted by molar-refractivity contribution is 7.10. The molecule has 1 atom stereocenters. The maximum atomic E-state index is 13.6. The molecule has 1 aliphatic carbocycles. The zero-order chi connectivity index (χ0) is 23.0. The number of ether oxygens (including phenoxy) is 1. The Kier molecular flexibility index (Phi) is 7.79. The van der Waals surface area contributed by atoms with Gasteiger partial charge in [-0.15, -0.1) is 11.3 Å². The van der Waals surface area contributed by atoms with Crippen LogP contribution in [0.15, 0.2) is 72.1 Å². The van der Waals surface area contributed by atoms with Crippen LogP contribution in [0.4, 0.5) is 0 Å². The second-order valence-corrected chi connectivity index (χ2v) is 9.46. The Morgan fingerprint density at radius 1 is 1.06 bits per heavy atom. The van der Waals surface area contributed by atoms with E-state index in [1.54, 1.807) is 23.3 Å². The zero-order valence-electron chi connectivity index (χ0n) is 18.9. The largest absolute Gasteiger partial charge is 0.497 e. The van der Waals surface area contributed by atoms with Crippen LogP contribution in [0.25, 0.3) is 0 Å². The average molecular weight is 463 g/mol. The highest BCUT2D eigenvalue weighted by atomic mass is 32.1. The molecule has 1 N–H and O–H groups in total. The molecule has 0 radical (unpaired) electrons. The van der Waals surface area contributed by atoms with Gasteiger partial charge in [-0.2, -0.15) is 0 Å². The van der Waals surface area contributed by atoms with Crippen molar-refractivity contribution in [3.05, 3.63) is 88.1 Å². The van der Waals surface area contributed by atoms with E-state index in [4.69, 9.17) is 4.74 Å². The summed E-state index contributed by atoms with van der Waals surface area (Å²) in [6.45, 7) is 0.319. The maximum Gasteiger partial charge on any atom is 0.247 e. The number of hydrogen-bond donors (Lipinski definition) is 1. The minimum atomic E-state index is -0.703. The number of rotatable bonds is 9. The number of methoxy groups -OCH3 is 1. The van der Waals surface area contributed by atoms with Crippen LogP contribution in [0.2, 0.25) is 0 Å². The van der Waals surface area contributed by atoms with E-state index in [1.807, 2.05) is 72.1 Å². The van der Waals surface area contributed by atoms with E-state index in [2.05, 4.69) is 5.32 Å². The molecule has 0 aliphatic heterocycles. The number of hydrogen-bond acceptors (Lipinski definition) is 4. The van der Waals surface area contributed by atoms with Crippen molar-refractivity contribution in [2.24, 2.45) is 0 Å². The van der Waals surface area contributed by atoms with Crippen LogP contribution >= 0.6 is 11.3 Å². The SMILES string of the molecule is COc1cccc(CN(C(=O)Cc2cccs2)C(C(=O)NC2CCCC2)c2ccccc2)c1. The average Bonchev–Trinajstić information content (AvgIpc) is 3.54. The molecule has 0 saturated heterocycles. The van der Waals surface area contributed by atoms with Crippen molar-refractivity contribution in [2.75, 3.05) is 7.11 Å². The summed E-state index contributed by atoms with van der Waals surface area (Å²) < 4.78 is 5.38. The van der Waals surface area contributed by atoms with Crippen LogP contribution in [-0.2, 0) is 22.6 Å².